The van der Waals surface area contributed by atoms with Gasteiger partial charge in [-0.25, -0.2) is 8.42 Å². The summed E-state index contributed by atoms with van der Waals surface area (Å²) in [4.78, 5) is 12.9. The molecule has 0 aliphatic carbocycles. The first-order valence-electron chi connectivity index (χ1n) is 13.1. The molecule has 1 aromatic carbocycles. The number of ether oxygens (including phenoxy) is 1. The molecule has 2 rings (SSSR count). The number of benzene rings is 1. The minimum Gasteiger partial charge on any atom is -0.543 e. The molecular weight excluding hydrogens is 535 g/mol. The van der Waals surface area contributed by atoms with Gasteiger partial charge in [0.1, 0.15) is 16.5 Å². The number of nitrogens with zero attached hydrogens (tertiary/aromatic N) is 1. The van der Waals surface area contributed by atoms with Crippen molar-refractivity contribution in [1.82, 2.24) is 4.31 Å². The van der Waals surface area contributed by atoms with Crippen molar-refractivity contribution in [3.8, 4) is 5.75 Å². The maximum absolute atomic E-state index is 13.6. The van der Waals surface area contributed by atoms with Crippen LogP contribution in [0.15, 0.2) is 41.1 Å². The summed E-state index contributed by atoms with van der Waals surface area (Å²) in [7, 11) is -4.66. The summed E-state index contributed by atoms with van der Waals surface area (Å²) in [6.45, 7) is 22.7. The Morgan fingerprint density at radius 3 is 2.18 bits per heavy atom. The first-order chi connectivity index (χ1) is 17.5. The van der Waals surface area contributed by atoms with E-state index in [0.29, 0.717) is 5.56 Å². The van der Waals surface area contributed by atoms with Crippen LogP contribution in [0.2, 0.25) is 18.1 Å². The molecule has 0 aliphatic heterocycles. The van der Waals surface area contributed by atoms with E-state index in [1.807, 2.05) is 13.0 Å². The molecule has 0 aliphatic rings. The highest BCUT2D eigenvalue weighted by molar-refractivity contribution is 7.91. The molecule has 212 valence electrons. The maximum atomic E-state index is 13.6. The normalized spacial score (nSPS) is 13.0. The van der Waals surface area contributed by atoms with Crippen LogP contribution in [-0.4, -0.2) is 47.2 Å². The number of hydrogen-bond acceptors (Lipinski definition) is 6. The molecule has 0 amide bonds. The quantitative estimate of drug-likeness (QED) is 0.151. The molecule has 0 saturated carbocycles. The lowest BCUT2D eigenvalue weighted by molar-refractivity contribution is -0.140. The van der Waals surface area contributed by atoms with E-state index < -0.39 is 24.3 Å². The van der Waals surface area contributed by atoms with Crippen LogP contribution in [0.5, 0.6) is 5.75 Å². The highest BCUT2D eigenvalue weighted by Gasteiger charge is 2.40. The van der Waals surface area contributed by atoms with Crippen molar-refractivity contribution in [3.05, 3.63) is 58.5 Å². The lowest BCUT2D eigenvalue weighted by Crippen LogP contribution is -2.44. The minimum atomic E-state index is -3.92. The van der Waals surface area contributed by atoms with Gasteiger partial charge in [0.25, 0.3) is 10.0 Å². The number of rotatable bonds is 12. The second kappa shape index (κ2) is 12.1. The van der Waals surface area contributed by atoms with Crippen molar-refractivity contribution >= 4 is 35.6 Å². The van der Waals surface area contributed by atoms with Crippen molar-refractivity contribution in [3.63, 3.8) is 0 Å². The predicted molar refractivity (Wildman–Crippen MR) is 160 cm³/mol. The van der Waals surface area contributed by atoms with Gasteiger partial charge in [0.05, 0.1) is 7.11 Å². The van der Waals surface area contributed by atoms with Crippen LogP contribution in [0, 0.1) is 13.8 Å². The number of thiophene rings is 1. The van der Waals surface area contributed by atoms with Crippen molar-refractivity contribution in [2.45, 2.75) is 89.1 Å². The molecular formula is C29H45NO5S2Si. The fourth-order valence-corrected chi connectivity index (χ4v) is 8.94. The number of methoxy groups -OCH3 is 1. The monoisotopic (exact) mass is 579 g/mol. The molecule has 2 aromatic rings. The van der Waals surface area contributed by atoms with Gasteiger partial charge in [0.15, 0.2) is 0 Å². The summed E-state index contributed by atoms with van der Waals surface area (Å²) >= 11 is 1.29. The van der Waals surface area contributed by atoms with Crippen LogP contribution in [0.4, 0.5) is 0 Å². The minimum absolute atomic E-state index is 0.0195. The van der Waals surface area contributed by atoms with E-state index in [1.54, 1.807) is 0 Å². The van der Waals surface area contributed by atoms with Gasteiger partial charge in [-0.3, -0.25) is 4.79 Å². The van der Waals surface area contributed by atoms with Crippen LogP contribution in [0.1, 0.15) is 69.0 Å². The predicted octanol–water partition coefficient (Wildman–Crippen LogP) is 7.20. The van der Waals surface area contributed by atoms with E-state index >= 15 is 0 Å². The second-order valence-corrected chi connectivity index (χ2v) is 19.3. The molecule has 0 saturated heterocycles. The number of sulfonamides is 1. The number of hydrogen-bond donors (Lipinski definition) is 0. The molecule has 0 N–H and O–H groups in total. The smallest absolute Gasteiger partial charge is 0.321 e. The summed E-state index contributed by atoms with van der Waals surface area (Å²) < 4.78 is 40.0. The molecule has 1 aromatic heterocycles. The van der Waals surface area contributed by atoms with Crippen LogP contribution >= 0.6 is 11.3 Å². The number of aryl methyl sites for hydroxylation is 2. The Morgan fingerprint density at radius 2 is 1.71 bits per heavy atom. The lowest BCUT2D eigenvalue weighted by Gasteiger charge is -2.37. The third kappa shape index (κ3) is 6.43. The maximum Gasteiger partial charge on any atom is 0.321 e. The molecule has 1 heterocycles. The Balaban J connectivity index is 2.58. The summed E-state index contributed by atoms with van der Waals surface area (Å²) in [5, 5.41) is 0.0957. The molecule has 38 heavy (non-hydrogen) atoms. The number of carbonyl (C=O) groups excluding carboxylic acids is 1. The van der Waals surface area contributed by atoms with Crippen LogP contribution in [-0.2, 0) is 25.0 Å². The average molecular weight is 580 g/mol. The van der Waals surface area contributed by atoms with Crippen molar-refractivity contribution in [1.29, 1.82) is 0 Å². The number of esters is 1. The third-order valence-corrected chi connectivity index (χ3v) is 16.1. The van der Waals surface area contributed by atoms with Gasteiger partial charge in [-0.1, -0.05) is 52.8 Å². The van der Waals surface area contributed by atoms with E-state index in [1.165, 1.54) is 24.5 Å². The molecule has 0 spiro atoms. The summed E-state index contributed by atoms with van der Waals surface area (Å²) in [6.07, 6.45) is 3.09. The average Bonchev–Trinajstić information content (AvgIpc) is 3.23. The largest absolute Gasteiger partial charge is 0.543 e. The third-order valence-electron chi connectivity index (χ3n) is 7.89. The Kier molecular flexibility index (Phi) is 10.2. The molecule has 9 heteroatoms. The van der Waals surface area contributed by atoms with Crippen molar-refractivity contribution in [2.75, 3.05) is 20.2 Å². The zero-order valence-electron chi connectivity index (χ0n) is 24.7. The molecule has 0 unspecified atom stereocenters. The van der Waals surface area contributed by atoms with E-state index in [2.05, 4.69) is 79.4 Å². The Labute approximate surface area is 235 Å². The zero-order valence-corrected chi connectivity index (χ0v) is 27.4. The topological polar surface area (TPSA) is 72.9 Å². The van der Waals surface area contributed by atoms with Crippen LogP contribution in [0.25, 0.3) is 0 Å². The highest BCUT2D eigenvalue weighted by atomic mass is 32.2. The summed E-state index contributed by atoms with van der Waals surface area (Å²) in [5.74, 6) is 0.298. The molecule has 0 atom stereocenters. The summed E-state index contributed by atoms with van der Waals surface area (Å²) in [6, 6.07) is 8.39. The van der Waals surface area contributed by atoms with Crippen molar-refractivity contribution in [2.24, 2.45) is 0 Å². The van der Waals surface area contributed by atoms with Gasteiger partial charge in [-0.15, -0.1) is 17.9 Å². The zero-order chi connectivity index (χ0) is 29.1. The highest BCUT2D eigenvalue weighted by Crippen LogP contribution is 2.46. The van der Waals surface area contributed by atoms with Gasteiger partial charge in [0.2, 0.25) is 8.32 Å². The molecule has 0 bridgehead atoms. The first kappa shape index (κ1) is 32.3. The van der Waals surface area contributed by atoms with Gasteiger partial charge in [-0.05, 0) is 73.6 Å². The molecule has 0 fully saturated rings. The Hall–Kier alpha value is -1.94. The van der Waals surface area contributed by atoms with E-state index in [0.717, 1.165) is 38.9 Å². The fourth-order valence-electron chi connectivity index (χ4n) is 4.31. The SMILES string of the molecule is C=CCN(CC(=O)OC)S(=O)(=O)c1sc(C(CC)(CC)c2ccc(O[Si](C)(C)C(C)(C)C)c(C)c2)cc1C. The standard InChI is InChI=1S/C29H45NO5S2Si/c1-12-17-30(20-26(31)34-9)37(32,33)27-22(5)19-25(36-27)29(13-2,14-3)23-15-16-24(21(4)18-23)35-38(10,11)28(6,7)8/h12,15-16,18-19H,1,13-14,17,20H2,2-11H3. The Morgan fingerprint density at radius 1 is 1.11 bits per heavy atom. The van der Waals surface area contributed by atoms with Crippen molar-refractivity contribution < 1.29 is 22.4 Å². The lowest BCUT2D eigenvalue weighted by atomic mass is 9.74. The van der Waals surface area contributed by atoms with Crippen LogP contribution < -0.4 is 4.43 Å². The summed E-state index contributed by atoms with van der Waals surface area (Å²) in [5.41, 5.74) is 2.54. The second-order valence-electron chi connectivity index (χ2n) is 11.4. The van der Waals surface area contributed by atoms with Gasteiger partial charge in [-0.2, -0.15) is 4.31 Å². The van der Waals surface area contributed by atoms with E-state index in [4.69, 9.17) is 9.16 Å². The van der Waals surface area contributed by atoms with Crippen LogP contribution in [0.3, 0.4) is 0 Å². The molecule has 0 radical (unpaired) electrons. The van der Waals surface area contributed by atoms with E-state index in [-0.39, 0.29) is 27.8 Å². The number of carbonyl (C=O) groups is 1. The van der Waals surface area contributed by atoms with Gasteiger partial charge in [0, 0.05) is 16.8 Å². The molecule has 6 nitrogen and oxygen atoms in total. The Bertz CT molecular complexity index is 1250. The fraction of sp³-hybridized carbons (Fsp3) is 0.552. The van der Waals surface area contributed by atoms with Gasteiger partial charge < -0.3 is 9.16 Å². The first-order valence-corrected chi connectivity index (χ1v) is 18.3. The van der Waals surface area contributed by atoms with E-state index in [9.17, 15) is 13.2 Å². The van der Waals surface area contributed by atoms with Gasteiger partial charge >= 0.3 is 5.97 Å².